The van der Waals surface area contributed by atoms with Crippen LogP contribution in [-0.4, -0.2) is 39.0 Å². The topological polar surface area (TPSA) is 49.4 Å². The smallest absolute Gasteiger partial charge is 0.250 e. The van der Waals surface area contributed by atoms with E-state index in [0.29, 0.717) is 22.7 Å². The highest BCUT2D eigenvalue weighted by Crippen LogP contribution is 2.23. The van der Waals surface area contributed by atoms with Gasteiger partial charge in [0.2, 0.25) is 10.0 Å². The Bertz CT molecular complexity index is 544. The van der Waals surface area contributed by atoms with Gasteiger partial charge in [0.05, 0.1) is 0 Å². The van der Waals surface area contributed by atoms with Crippen molar-refractivity contribution in [3.05, 3.63) is 17.0 Å². The van der Waals surface area contributed by atoms with Crippen LogP contribution < -0.4 is 4.72 Å². The van der Waals surface area contributed by atoms with Crippen LogP contribution in [0.5, 0.6) is 0 Å². The number of thiophene rings is 1. The molecule has 0 bridgehead atoms. The average molecular weight is 331 g/mol. The van der Waals surface area contributed by atoms with E-state index in [1.807, 2.05) is 13.0 Å². The van der Waals surface area contributed by atoms with E-state index < -0.39 is 10.0 Å². The Balaban J connectivity index is 1.85. The first-order valence-electron chi connectivity index (χ1n) is 7.74. The van der Waals surface area contributed by atoms with Crippen molar-refractivity contribution in [3.63, 3.8) is 0 Å². The second-order valence-corrected chi connectivity index (χ2v) is 9.16. The van der Waals surface area contributed by atoms with Crippen molar-refractivity contribution in [2.24, 2.45) is 5.92 Å². The average Bonchev–Trinajstić information content (AvgIpc) is 2.95. The number of rotatable bonds is 6. The highest BCUT2D eigenvalue weighted by molar-refractivity contribution is 7.91. The third-order valence-corrected chi connectivity index (χ3v) is 7.34. The van der Waals surface area contributed by atoms with Crippen LogP contribution in [0.4, 0.5) is 0 Å². The monoisotopic (exact) mass is 330 g/mol. The summed E-state index contributed by atoms with van der Waals surface area (Å²) in [6, 6.07) is 4.20. The molecule has 2 heterocycles. The molecule has 1 aromatic heterocycles. The maximum absolute atomic E-state index is 12.3. The number of aryl methyl sites for hydroxylation is 1. The van der Waals surface area contributed by atoms with Crippen LogP contribution in [0.1, 0.15) is 38.5 Å². The van der Waals surface area contributed by atoms with Gasteiger partial charge >= 0.3 is 0 Å². The summed E-state index contributed by atoms with van der Waals surface area (Å²) in [6.45, 7) is 9.17. The zero-order valence-electron chi connectivity index (χ0n) is 13.1. The van der Waals surface area contributed by atoms with Crippen molar-refractivity contribution in [1.82, 2.24) is 9.62 Å². The quantitative estimate of drug-likeness (QED) is 0.872. The van der Waals surface area contributed by atoms with E-state index in [4.69, 9.17) is 0 Å². The Morgan fingerprint density at radius 1 is 1.33 bits per heavy atom. The normalized spacial score (nSPS) is 18.5. The molecule has 0 aliphatic carbocycles. The van der Waals surface area contributed by atoms with E-state index in [2.05, 4.69) is 23.5 Å². The van der Waals surface area contributed by atoms with Crippen LogP contribution in [0.25, 0.3) is 0 Å². The Labute approximate surface area is 132 Å². The van der Waals surface area contributed by atoms with Gasteiger partial charge in [0.15, 0.2) is 0 Å². The fourth-order valence-electron chi connectivity index (χ4n) is 2.66. The van der Waals surface area contributed by atoms with Gasteiger partial charge in [0.25, 0.3) is 0 Å². The molecule has 1 saturated heterocycles. The number of nitrogens with one attached hydrogen (secondary N) is 1. The fraction of sp³-hybridized carbons (Fsp3) is 0.733. The molecule has 0 atom stereocenters. The molecule has 0 spiro atoms. The van der Waals surface area contributed by atoms with E-state index in [9.17, 15) is 8.42 Å². The summed E-state index contributed by atoms with van der Waals surface area (Å²) in [5.41, 5.74) is 0. The molecule has 6 heteroatoms. The molecule has 4 nitrogen and oxygen atoms in total. The third-order valence-electron chi connectivity index (χ3n) is 4.19. The lowest BCUT2D eigenvalue weighted by Crippen LogP contribution is -2.41. The SMILES string of the molecule is CCc1ccc(S(=O)(=O)NCC2CCN(C(C)C)CC2)s1. The Hall–Kier alpha value is -0.430. The van der Waals surface area contributed by atoms with Crippen LogP contribution in [0.2, 0.25) is 0 Å². The van der Waals surface area contributed by atoms with Crippen LogP contribution >= 0.6 is 11.3 Å². The highest BCUT2D eigenvalue weighted by atomic mass is 32.2. The summed E-state index contributed by atoms with van der Waals surface area (Å²) in [6.07, 6.45) is 3.03. The third kappa shape index (κ3) is 4.52. The molecule has 1 aromatic rings. The first kappa shape index (κ1) is 16.9. The molecular formula is C15H26N2O2S2. The first-order chi connectivity index (χ1) is 9.92. The minimum absolute atomic E-state index is 0.443. The van der Waals surface area contributed by atoms with Gasteiger partial charge in [0, 0.05) is 17.5 Å². The lowest BCUT2D eigenvalue weighted by molar-refractivity contribution is 0.151. The van der Waals surface area contributed by atoms with E-state index in [0.717, 1.165) is 37.2 Å². The van der Waals surface area contributed by atoms with Gasteiger partial charge in [-0.05, 0) is 64.3 Å². The van der Waals surface area contributed by atoms with Crippen molar-refractivity contribution in [1.29, 1.82) is 0 Å². The molecule has 1 aliphatic rings. The van der Waals surface area contributed by atoms with Crippen LogP contribution in [0.3, 0.4) is 0 Å². The number of piperidine rings is 1. The van der Waals surface area contributed by atoms with Gasteiger partial charge < -0.3 is 4.90 Å². The Morgan fingerprint density at radius 3 is 2.52 bits per heavy atom. The lowest BCUT2D eigenvalue weighted by atomic mass is 9.96. The Kier molecular flexibility index (Phi) is 5.82. The predicted molar refractivity (Wildman–Crippen MR) is 88.3 cm³/mol. The van der Waals surface area contributed by atoms with Crippen molar-refractivity contribution in [2.45, 2.75) is 50.3 Å². The van der Waals surface area contributed by atoms with Gasteiger partial charge in [-0.2, -0.15) is 0 Å². The van der Waals surface area contributed by atoms with E-state index >= 15 is 0 Å². The van der Waals surface area contributed by atoms with E-state index in [-0.39, 0.29) is 0 Å². The molecule has 1 N–H and O–H groups in total. The van der Waals surface area contributed by atoms with Crippen molar-refractivity contribution in [2.75, 3.05) is 19.6 Å². The molecule has 1 aliphatic heterocycles. The largest absolute Gasteiger partial charge is 0.301 e. The minimum atomic E-state index is -3.32. The summed E-state index contributed by atoms with van der Waals surface area (Å²) in [7, 11) is -3.32. The molecule has 1 fully saturated rings. The molecule has 21 heavy (non-hydrogen) atoms. The van der Waals surface area contributed by atoms with Gasteiger partial charge in [-0.1, -0.05) is 6.92 Å². The fourth-order valence-corrected chi connectivity index (χ4v) is 5.12. The summed E-state index contributed by atoms with van der Waals surface area (Å²) < 4.78 is 27.8. The Morgan fingerprint density at radius 2 is 2.00 bits per heavy atom. The molecule has 0 amide bonds. The summed E-state index contributed by atoms with van der Waals surface area (Å²) in [4.78, 5) is 3.57. The number of nitrogens with zero attached hydrogens (tertiary/aromatic N) is 1. The minimum Gasteiger partial charge on any atom is -0.301 e. The molecule has 2 rings (SSSR count). The molecular weight excluding hydrogens is 304 g/mol. The summed E-state index contributed by atoms with van der Waals surface area (Å²) in [5, 5.41) is 0. The molecule has 0 aromatic carbocycles. The molecule has 0 radical (unpaired) electrons. The zero-order valence-corrected chi connectivity index (χ0v) is 14.8. The van der Waals surface area contributed by atoms with Gasteiger partial charge in [-0.3, -0.25) is 0 Å². The predicted octanol–water partition coefficient (Wildman–Crippen LogP) is 2.71. The van der Waals surface area contributed by atoms with Crippen molar-refractivity contribution >= 4 is 21.4 Å². The molecule has 0 saturated carbocycles. The maximum atomic E-state index is 12.3. The number of hydrogen-bond donors (Lipinski definition) is 1. The van der Waals surface area contributed by atoms with Crippen molar-refractivity contribution in [3.8, 4) is 0 Å². The number of hydrogen-bond acceptors (Lipinski definition) is 4. The molecule has 120 valence electrons. The van der Waals surface area contributed by atoms with Crippen LogP contribution in [0.15, 0.2) is 16.3 Å². The van der Waals surface area contributed by atoms with E-state index in [1.165, 1.54) is 11.3 Å². The molecule has 0 unspecified atom stereocenters. The maximum Gasteiger partial charge on any atom is 0.250 e. The number of sulfonamides is 1. The lowest BCUT2D eigenvalue weighted by Gasteiger charge is -2.34. The van der Waals surface area contributed by atoms with Gasteiger partial charge in [-0.25, -0.2) is 13.1 Å². The van der Waals surface area contributed by atoms with Gasteiger partial charge in [0.1, 0.15) is 4.21 Å². The highest BCUT2D eigenvalue weighted by Gasteiger charge is 2.23. The van der Waals surface area contributed by atoms with Crippen LogP contribution in [-0.2, 0) is 16.4 Å². The van der Waals surface area contributed by atoms with Crippen LogP contribution in [0, 0.1) is 5.92 Å². The zero-order chi connectivity index (χ0) is 15.5. The second kappa shape index (κ2) is 7.22. The van der Waals surface area contributed by atoms with Gasteiger partial charge in [-0.15, -0.1) is 11.3 Å². The van der Waals surface area contributed by atoms with E-state index in [1.54, 1.807) is 6.07 Å². The number of likely N-dealkylation sites (tertiary alicyclic amines) is 1. The standard InChI is InChI=1S/C15H26N2O2S2/c1-4-14-5-6-15(20-14)21(18,19)16-11-13-7-9-17(10-8-13)12(2)3/h5-6,12-13,16H,4,7-11H2,1-3H3. The summed E-state index contributed by atoms with van der Waals surface area (Å²) in [5.74, 6) is 0.459. The summed E-state index contributed by atoms with van der Waals surface area (Å²) >= 11 is 1.37. The first-order valence-corrected chi connectivity index (χ1v) is 10.0. The second-order valence-electron chi connectivity index (χ2n) is 6.00. The van der Waals surface area contributed by atoms with Crippen molar-refractivity contribution < 1.29 is 8.42 Å².